The van der Waals surface area contributed by atoms with Crippen molar-refractivity contribution in [3.8, 4) is 0 Å². The smallest absolute Gasteiger partial charge is 0.462 e. The summed E-state index contributed by atoms with van der Waals surface area (Å²) in [5, 5.41) is 9.98. The van der Waals surface area contributed by atoms with Crippen LogP contribution in [0.15, 0.2) is 72.9 Å². The lowest BCUT2D eigenvalue weighted by molar-refractivity contribution is -0.161. The molecule has 0 aliphatic rings. The standard InChI is InChI=1S/C43H74NO9P/c1-3-5-7-9-11-12-13-14-15-20-23-27-31-35-43(47)53-41(39-52-54(48,49)51-37-36-44)38-50-42(46)34-30-26-22-19-17-16-18-21-25-29-33-40(45)32-28-24-10-8-6-4-2/h6,8,16-17,21-22,24-26,28-29,33,40-41,45H,3-5,7,9-15,18-20,23,27,30-32,34-39,44H2,1-2H3,(H,48,49)/b8-6-,17-16-,25-21-,26-22-,28-24-,33-29+/t40?,41-/m1/s1. The largest absolute Gasteiger partial charge is 0.472 e. The highest BCUT2D eigenvalue weighted by atomic mass is 31.2. The molecule has 0 aromatic heterocycles. The molecule has 2 unspecified atom stereocenters. The predicted octanol–water partition coefficient (Wildman–Crippen LogP) is 10.5. The highest BCUT2D eigenvalue weighted by Crippen LogP contribution is 2.43. The third-order valence-corrected chi connectivity index (χ3v) is 9.18. The first-order valence-electron chi connectivity index (χ1n) is 20.5. The van der Waals surface area contributed by atoms with Crippen LogP contribution in [0.3, 0.4) is 0 Å². The van der Waals surface area contributed by atoms with Gasteiger partial charge in [0.15, 0.2) is 6.10 Å². The molecule has 4 N–H and O–H groups in total. The van der Waals surface area contributed by atoms with Crippen LogP contribution in [0, 0.1) is 0 Å². The van der Waals surface area contributed by atoms with E-state index < -0.39 is 38.6 Å². The molecule has 10 nitrogen and oxygen atoms in total. The molecular formula is C43H74NO9P. The Kier molecular flexibility index (Phi) is 36.8. The topological polar surface area (TPSA) is 155 Å². The SMILES string of the molecule is CC/C=C\C/C=C\CC(O)/C=C/C=C\C/C=C\C/C=C\CCC(=O)OC[C@H](COP(=O)(O)OCCN)OC(=O)CCCCCCCCCCCCCCC. The quantitative estimate of drug-likeness (QED) is 0.0182. The van der Waals surface area contributed by atoms with E-state index in [0.29, 0.717) is 19.3 Å². The van der Waals surface area contributed by atoms with Crippen LogP contribution in [0.2, 0.25) is 0 Å². The highest BCUT2D eigenvalue weighted by Gasteiger charge is 2.25. The van der Waals surface area contributed by atoms with Crippen LogP contribution in [-0.2, 0) is 32.7 Å². The summed E-state index contributed by atoms with van der Waals surface area (Å²) >= 11 is 0. The van der Waals surface area contributed by atoms with Gasteiger partial charge in [-0.2, -0.15) is 0 Å². The molecule has 0 bridgehead atoms. The lowest BCUT2D eigenvalue weighted by atomic mass is 10.0. The van der Waals surface area contributed by atoms with E-state index in [9.17, 15) is 24.2 Å². The molecule has 0 rings (SSSR count). The molecule has 0 heterocycles. The van der Waals surface area contributed by atoms with Crippen molar-refractivity contribution in [3.05, 3.63) is 72.9 Å². The first-order valence-corrected chi connectivity index (χ1v) is 22.0. The number of allylic oxidation sites excluding steroid dienone is 10. The van der Waals surface area contributed by atoms with E-state index in [0.717, 1.165) is 44.9 Å². The monoisotopic (exact) mass is 780 g/mol. The van der Waals surface area contributed by atoms with Gasteiger partial charge < -0.3 is 25.2 Å². The Balaban J connectivity index is 4.37. The molecule has 0 fully saturated rings. The van der Waals surface area contributed by atoms with Crippen LogP contribution < -0.4 is 5.73 Å². The van der Waals surface area contributed by atoms with Crippen molar-refractivity contribution in [2.24, 2.45) is 5.73 Å². The fourth-order valence-corrected chi connectivity index (χ4v) is 5.92. The molecule has 3 atom stereocenters. The van der Waals surface area contributed by atoms with Crippen LogP contribution in [-0.4, -0.2) is 60.5 Å². The van der Waals surface area contributed by atoms with Crippen molar-refractivity contribution in [1.29, 1.82) is 0 Å². The number of phosphoric ester groups is 1. The molecular weight excluding hydrogens is 705 g/mol. The van der Waals surface area contributed by atoms with Crippen molar-refractivity contribution >= 4 is 19.8 Å². The average molecular weight is 780 g/mol. The Bertz CT molecular complexity index is 1130. The molecule has 0 radical (unpaired) electrons. The number of phosphoric acid groups is 1. The van der Waals surface area contributed by atoms with Gasteiger partial charge in [0.05, 0.1) is 19.3 Å². The first kappa shape index (κ1) is 51.4. The molecule has 310 valence electrons. The number of aliphatic hydroxyl groups is 1. The third-order valence-electron chi connectivity index (χ3n) is 8.20. The zero-order chi connectivity index (χ0) is 39.8. The predicted molar refractivity (Wildman–Crippen MR) is 221 cm³/mol. The number of hydrogen-bond acceptors (Lipinski definition) is 9. The molecule has 0 spiro atoms. The average Bonchev–Trinajstić information content (AvgIpc) is 3.15. The van der Waals surface area contributed by atoms with Gasteiger partial charge in [-0.15, -0.1) is 0 Å². The Hall–Kier alpha value is -2.59. The van der Waals surface area contributed by atoms with Gasteiger partial charge in [0.2, 0.25) is 0 Å². The van der Waals surface area contributed by atoms with Gasteiger partial charge in [0, 0.05) is 19.4 Å². The molecule has 0 aliphatic heterocycles. The third kappa shape index (κ3) is 37.7. The van der Waals surface area contributed by atoms with Crippen LogP contribution in [0.4, 0.5) is 0 Å². The lowest BCUT2D eigenvalue weighted by Crippen LogP contribution is -2.29. The summed E-state index contributed by atoms with van der Waals surface area (Å²) in [7, 11) is -4.40. The van der Waals surface area contributed by atoms with Crippen molar-refractivity contribution in [2.75, 3.05) is 26.4 Å². The van der Waals surface area contributed by atoms with Gasteiger partial charge in [0.1, 0.15) is 6.61 Å². The van der Waals surface area contributed by atoms with Crippen molar-refractivity contribution in [3.63, 3.8) is 0 Å². The van der Waals surface area contributed by atoms with Gasteiger partial charge in [-0.3, -0.25) is 18.6 Å². The molecule has 0 aromatic rings. The van der Waals surface area contributed by atoms with Gasteiger partial charge in [0.25, 0.3) is 0 Å². The summed E-state index contributed by atoms with van der Waals surface area (Å²) in [5.41, 5.74) is 5.33. The zero-order valence-electron chi connectivity index (χ0n) is 33.5. The minimum atomic E-state index is -4.40. The first-order chi connectivity index (χ1) is 26.2. The normalized spacial score (nSPS) is 14.7. The summed E-state index contributed by atoms with van der Waals surface area (Å²) in [4.78, 5) is 34.7. The Labute approximate surface area is 327 Å². The maximum Gasteiger partial charge on any atom is 0.472 e. The molecule has 11 heteroatoms. The fourth-order valence-electron chi connectivity index (χ4n) is 5.16. The van der Waals surface area contributed by atoms with Crippen molar-refractivity contribution in [2.45, 2.75) is 161 Å². The van der Waals surface area contributed by atoms with E-state index in [2.05, 4.69) is 32.1 Å². The minimum Gasteiger partial charge on any atom is -0.462 e. The van der Waals surface area contributed by atoms with Gasteiger partial charge >= 0.3 is 19.8 Å². The second-order valence-corrected chi connectivity index (χ2v) is 14.8. The van der Waals surface area contributed by atoms with Crippen molar-refractivity contribution in [1.82, 2.24) is 0 Å². The number of unbranched alkanes of at least 4 members (excludes halogenated alkanes) is 12. The maximum absolute atomic E-state index is 12.5. The number of aliphatic hydroxyl groups excluding tert-OH is 1. The fraction of sp³-hybridized carbons (Fsp3) is 0.674. The molecule has 0 saturated carbocycles. The van der Waals surface area contributed by atoms with E-state index in [1.54, 1.807) is 6.08 Å². The molecule has 0 aromatic carbocycles. The number of carbonyl (C=O) groups is 2. The Morgan fingerprint density at radius 3 is 1.87 bits per heavy atom. The number of hydrogen-bond donors (Lipinski definition) is 3. The van der Waals surface area contributed by atoms with E-state index in [4.69, 9.17) is 24.3 Å². The number of esters is 2. The van der Waals surface area contributed by atoms with Gasteiger partial charge in [-0.1, -0.05) is 164 Å². The summed E-state index contributed by atoms with van der Waals surface area (Å²) in [5.74, 6) is -0.961. The number of rotatable bonds is 37. The van der Waals surface area contributed by atoms with Crippen molar-refractivity contribution < 1.29 is 42.7 Å². The number of ether oxygens (including phenoxy) is 2. The van der Waals surface area contributed by atoms with Crippen LogP contribution >= 0.6 is 7.82 Å². The zero-order valence-corrected chi connectivity index (χ0v) is 34.4. The summed E-state index contributed by atoms with van der Waals surface area (Å²) in [6, 6.07) is 0. The Morgan fingerprint density at radius 2 is 1.24 bits per heavy atom. The maximum atomic E-state index is 12.5. The van der Waals surface area contributed by atoms with E-state index >= 15 is 0 Å². The number of carbonyl (C=O) groups excluding carboxylic acids is 2. The van der Waals surface area contributed by atoms with Crippen LogP contribution in [0.1, 0.15) is 149 Å². The molecule has 0 amide bonds. The lowest BCUT2D eigenvalue weighted by Gasteiger charge is -2.19. The van der Waals surface area contributed by atoms with Crippen LogP contribution in [0.25, 0.3) is 0 Å². The van der Waals surface area contributed by atoms with E-state index in [-0.39, 0.29) is 32.6 Å². The summed E-state index contributed by atoms with van der Waals surface area (Å²) in [6.07, 6.45) is 42.6. The van der Waals surface area contributed by atoms with E-state index in [1.165, 1.54) is 57.8 Å². The number of nitrogens with two attached hydrogens (primary N) is 1. The highest BCUT2D eigenvalue weighted by molar-refractivity contribution is 7.47. The second-order valence-electron chi connectivity index (χ2n) is 13.3. The minimum absolute atomic E-state index is 0.0338. The summed E-state index contributed by atoms with van der Waals surface area (Å²) < 4.78 is 32.6. The van der Waals surface area contributed by atoms with Gasteiger partial charge in [-0.05, 0) is 44.9 Å². The van der Waals surface area contributed by atoms with E-state index in [1.807, 2.05) is 48.6 Å². The molecule has 0 aliphatic carbocycles. The molecule has 0 saturated heterocycles. The summed E-state index contributed by atoms with van der Waals surface area (Å²) in [6.45, 7) is 3.43. The Morgan fingerprint density at radius 1 is 0.667 bits per heavy atom. The second kappa shape index (κ2) is 38.7. The molecule has 54 heavy (non-hydrogen) atoms. The van der Waals surface area contributed by atoms with Crippen LogP contribution in [0.5, 0.6) is 0 Å². The van der Waals surface area contributed by atoms with Gasteiger partial charge in [-0.25, -0.2) is 4.57 Å².